The van der Waals surface area contributed by atoms with E-state index in [1.54, 1.807) is 51.8 Å². The molecule has 0 atom stereocenters. The second-order valence-electron chi connectivity index (χ2n) is 6.96. The van der Waals surface area contributed by atoms with Crippen LogP contribution in [0, 0.1) is 0 Å². The van der Waals surface area contributed by atoms with Gasteiger partial charge in [0, 0.05) is 42.3 Å². The van der Waals surface area contributed by atoms with Crippen LogP contribution in [0.25, 0.3) is 9.88 Å². The number of benzene rings is 1. The van der Waals surface area contributed by atoms with Gasteiger partial charge in [-0.15, -0.1) is 22.7 Å². The molecule has 3 aromatic rings. The first-order chi connectivity index (χ1) is 14.6. The Hall–Kier alpha value is -2.42. The number of halogens is 1. The van der Waals surface area contributed by atoms with Crippen molar-refractivity contribution >= 4 is 51.9 Å². The lowest BCUT2D eigenvalue weighted by Gasteiger charge is -2.22. The van der Waals surface area contributed by atoms with Gasteiger partial charge in [-0.2, -0.15) is 0 Å². The molecule has 156 valence electrons. The standard InChI is InChI=1S/C21H21ClN4O2S2/c22-15-4-6-16(7-5-15)24-21(28)26-9-2-8-25(10-11-26)19(27)13-17-14-30-20(23-17)18-3-1-12-29-18/h1,3-7,12,14H,2,8-11,13H2,(H,24,28). The minimum atomic E-state index is -0.160. The SMILES string of the molecule is O=C(Cc1csc(-c2cccs2)n1)N1CCCN(C(=O)Nc2ccc(Cl)cc2)CC1. The molecule has 1 aromatic carbocycles. The van der Waals surface area contributed by atoms with Gasteiger partial charge in [0.2, 0.25) is 5.91 Å². The van der Waals surface area contributed by atoms with Gasteiger partial charge in [-0.25, -0.2) is 9.78 Å². The van der Waals surface area contributed by atoms with Crippen LogP contribution in [0.5, 0.6) is 0 Å². The zero-order chi connectivity index (χ0) is 20.9. The summed E-state index contributed by atoms with van der Waals surface area (Å²) in [6, 6.07) is 10.9. The summed E-state index contributed by atoms with van der Waals surface area (Å²) in [4.78, 5) is 34.6. The maximum Gasteiger partial charge on any atom is 0.321 e. The van der Waals surface area contributed by atoms with Gasteiger partial charge in [-0.1, -0.05) is 17.7 Å². The van der Waals surface area contributed by atoms with Crippen molar-refractivity contribution in [3.63, 3.8) is 0 Å². The molecule has 1 fully saturated rings. The number of nitrogens with one attached hydrogen (secondary N) is 1. The third-order valence-corrected chi connectivity index (χ3v) is 7.03. The van der Waals surface area contributed by atoms with Crippen LogP contribution in [-0.2, 0) is 11.2 Å². The number of anilines is 1. The van der Waals surface area contributed by atoms with E-state index in [0.717, 1.165) is 22.0 Å². The fourth-order valence-electron chi connectivity index (χ4n) is 3.27. The first-order valence-electron chi connectivity index (χ1n) is 9.66. The molecule has 3 heterocycles. The predicted molar refractivity (Wildman–Crippen MR) is 122 cm³/mol. The van der Waals surface area contributed by atoms with Gasteiger partial charge < -0.3 is 15.1 Å². The van der Waals surface area contributed by atoms with E-state index in [1.165, 1.54) is 0 Å². The second kappa shape index (κ2) is 9.59. The number of hydrogen-bond donors (Lipinski definition) is 1. The number of rotatable bonds is 4. The number of urea groups is 1. The lowest BCUT2D eigenvalue weighted by molar-refractivity contribution is -0.130. The number of nitrogens with zero attached hydrogens (tertiary/aromatic N) is 3. The van der Waals surface area contributed by atoms with Crippen LogP contribution in [-0.4, -0.2) is 52.9 Å². The maximum atomic E-state index is 12.8. The number of amides is 3. The van der Waals surface area contributed by atoms with Gasteiger partial charge >= 0.3 is 6.03 Å². The molecule has 1 saturated heterocycles. The Morgan fingerprint density at radius 2 is 1.80 bits per heavy atom. The molecule has 9 heteroatoms. The predicted octanol–water partition coefficient (Wildman–Crippen LogP) is 4.83. The Morgan fingerprint density at radius 1 is 1.03 bits per heavy atom. The van der Waals surface area contributed by atoms with E-state index >= 15 is 0 Å². The highest BCUT2D eigenvalue weighted by Crippen LogP contribution is 2.28. The molecule has 0 unspecified atom stereocenters. The zero-order valence-corrected chi connectivity index (χ0v) is 18.6. The van der Waals surface area contributed by atoms with Gasteiger partial charge in [0.15, 0.2) is 0 Å². The topological polar surface area (TPSA) is 65.5 Å². The van der Waals surface area contributed by atoms with Crippen LogP contribution in [0.2, 0.25) is 5.02 Å². The molecule has 0 radical (unpaired) electrons. The first kappa shape index (κ1) is 20.8. The lowest BCUT2D eigenvalue weighted by atomic mass is 10.3. The minimum Gasteiger partial charge on any atom is -0.341 e. The molecule has 1 aliphatic rings. The Kier molecular flexibility index (Phi) is 6.66. The fraction of sp³-hybridized carbons (Fsp3) is 0.286. The number of carbonyl (C=O) groups is 2. The molecular formula is C21H21ClN4O2S2. The lowest BCUT2D eigenvalue weighted by Crippen LogP contribution is -2.39. The van der Waals surface area contributed by atoms with E-state index in [9.17, 15) is 9.59 Å². The number of aromatic nitrogens is 1. The largest absolute Gasteiger partial charge is 0.341 e. The van der Waals surface area contributed by atoms with Crippen LogP contribution in [0.15, 0.2) is 47.2 Å². The van der Waals surface area contributed by atoms with Crippen molar-refractivity contribution in [1.29, 1.82) is 0 Å². The molecule has 30 heavy (non-hydrogen) atoms. The summed E-state index contributed by atoms with van der Waals surface area (Å²) in [6.07, 6.45) is 1.04. The van der Waals surface area contributed by atoms with Gasteiger partial charge in [-0.3, -0.25) is 4.79 Å². The van der Waals surface area contributed by atoms with Crippen molar-refractivity contribution in [3.8, 4) is 9.88 Å². The quantitative estimate of drug-likeness (QED) is 0.606. The van der Waals surface area contributed by atoms with Gasteiger partial charge in [0.05, 0.1) is 17.0 Å². The highest BCUT2D eigenvalue weighted by Gasteiger charge is 2.23. The number of thiophene rings is 1. The molecular weight excluding hydrogens is 440 g/mol. The summed E-state index contributed by atoms with van der Waals surface area (Å²) in [5, 5.41) is 8.44. The highest BCUT2D eigenvalue weighted by molar-refractivity contribution is 7.20. The summed E-state index contributed by atoms with van der Waals surface area (Å²) < 4.78 is 0. The van der Waals surface area contributed by atoms with Crippen molar-refractivity contribution in [1.82, 2.24) is 14.8 Å². The van der Waals surface area contributed by atoms with Crippen molar-refractivity contribution < 1.29 is 9.59 Å². The van der Waals surface area contributed by atoms with E-state index in [1.807, 2.05) is 27.8 Å². The van der Waals surface area contributed by atoms with Crippen LogP contribution in [0.4, 0.5) is 10.5 Å². The van der Waals surface area contributed by atoms with E-state index in [4.69, 9.17) is 11.6 Å². The van der Waals surface area contributed by atoms with Crippen molar-refractivity contribution in [2.75, 3.05) is 31.5 Å². The molecule has 0 aliphatic carbocycles. The summed E-state index contributed by atoms with van der Waals surface area (Å²) in [7, 11) is 0. The van der Waals surface area contributed by atoms with E-state index < -0.39 is 0 Å². The van der Waals surface area contributed by atoms with Crippen LogP contribution in [0.1, 0.15) is 12.1 Å². The molecule has 1 N–H and O–H groups in total. The summed E-state index contributed by atoms with van der Waals surface area (Å²) in [5.74, 6) is 0.0537. The Morgan fingerprint density at radius 3 is 2.57 bits per heavy atom. The number of hydrogen-bond acceptors (Lipinski definition) is 5. The summed E-state index contributed by atoms with van der Waals surface area (Å²) >= 11 is 9.10. The average Bonchev–Trinajstić information content (AvgIpc) is 3.36. The zero-order valence-electron chi connectivity index (χ0n) is 16.2. The van der Waals surface area contributed by atoms with Gasteiger partial charge in [0.25, 0.3) is 0 Å². The molecule has 4 rings (SSSR count). The average molecular weight is 461 g/mol. The van der Waals surface area contributed by atoms with Crippen molar-refractivity contribution in [2.45, 2.75) is 12.8 Å². The Bertz CT molecular complexity index is 1000. The van der Waals surface area contributed by atoms with Crippen molar-refractivity contribution in [2.24, 2.45) is 0 Å². The molecule has 0 saturated carbocycles. The summed E-state index contributed by atoms with van der Waals surface area (Å²) in [5.41, 5.74) is 1.50. The normalized spacial score (nSPS) is 14.4. The minimum absolute atomic E-state index is 0.0537. The monoisotopic (exact) mass is 460 g/mol. The summed E-state index contributed by atoms with van der Waals surface area (Å²) in [6.45, 7) is 2.28. The maximum absolute atomic E-state index is 12.8. The molecule has 1 aliphatic heterocycles. The van der Waals surface area contributed by atoms with Crippen LogP contribution >= 0.6 is 34.3 Å². The number of carbonyl (C=O) groups excluding carboxylic acids is 2. The van der Waals surface area contributed by atoms with E-state index in [-0.39, 0.29) is 11.9 Å². The Labute approximate surface area is 188 Å². The Balaban J connectivity index is 1.30. The van der Waals surface area contributed by atoms with Gasteiger partial charge in [-0.05, 0) is 42.1 Å². The van der Waals surface area contributed by atoms with Crippen LogP contribution in [0.3, 0.4) is 0 Å². The molecule has 3 amide bonds. The molecule has 6 nitrogen and oxygen atoms in total. The third kappa shape index (κ3) is 5.19. The van der Waals surface area contributed by atoms with Gasteiger partial charge in [0.1, 0.15) is 5.01 Å². The highest BCUT2D eigenvalue weighted by atomic mass is 35.5. The van der Waals surface area contributed by atoms with E-state index in [2.05, 4.69) is 10.3 Å². The smallest absolute Gasteiger partial charge is 0.321 e. The van der Waals surface area contributed by atoms with Crippen LogP contribution < -0.4 is 5.32 Å². The second-order valence-corrected chi connectivity index (χ2v) is 9.20. The number of thiazole rings is 1. The molecule has 2 aromatic heterocycles. The fourth-order valence-corrected chi connectivity index (χ4v) is 5.03. The molecule has 0 bridgehead atoms. The van der Waals surface area contributed by atoms with Crippen molar-refractivity contribution in [3.05, 3.63) is 57.9 Å². The molecule has 0 spiro atoms. The third-order valence-electron chi connectivity index (χ3n) is 4.85. The first-order valence-corrected chi connectivity index (χ1v) is 11.8. The van der Waals surface area contributed by atoms with E-state index in [0.29, 0.717) is 43.3 Å².